The Bertz CT molecular complexity index is 984. The van der Waals surface area contributed by atoms with E-state index >= 15 is 0 Å². The Morgan fingerprint density at radius 1 is 1.13 bits per heavy atom. The fourth-order valence-electron chi connectivity index (χ4n) is 4.10. The number of amides is 1. The van der Waals surface area contributed by atoms with Crippen LogP contribution in [-0.2, 0) is 6.54 Å². The molecule has 0 saturated carbocycles. The largest absolute Gasteiger partial charge is 0.335 e. The van der Waals surface area contributed by atoms with Crippen molar-refractivity contribution < 1.29 is 4.79 Å². The summed E-state index contributed by atoms with van der Waals surface area (Å²) in [6.07, 6.45) is 2.85. The number of nitrogens with two attached hydrogens (primary N) is 1. The van der Waals surface area contributed by atoms with E-state index in [4.69, 9.17) is 10.8 Å². The van der Waals surface area contributed by atoms with Crippen molar-refractivity contribution in [1.82, 2.24) is 14.7 Å². The van der Waals surface area contributed by atoms with Crippen molar-refractivity contribution >= 4 is 18.3 Å². The van der Waals surface area contributed by atoms with E-state index in [1.165, 1.54) is 5.56 Å². The van der Waals surface area contributed by atoms with Crippen molar-refractivity contribution in [3.05, 3.63) is 77.5 Å². The lowest BCUT2D eigenvalue weighted by atomic mass is 10.1. The number of aryl methyl sites for hydroxylation is 1. The Labute approximate surface area is 184 Å². The zero-order valence-corrected chi connectivity index (χ0v) is 18.3. The van der Waals surface area contributed by atoms with Crippen LogP contribution in [0.4, 0.5) is 0 Å². The third-order valence-corrected chi connectivity index (χ3v) is 5.76. The summed E-state index contributed by atoms with van der Waals surface area (Å²) in [5.41, 5.74) is 10.6. The number of carbonyl (C=O) groups excluding carboxylic acids is 1. The summed E-state index contributed by atoms with van der Waals surface area (Å²) >= 11 is 0. The van der Waals surface area contributed by atoms with E-state index in [1.54, 1.807) is 0 Å². The molecular weight excluding hydrogens is 396 g/mol. The van der Waals surface area contributed by atoms with Gasteiger partial charge in [-0.1, -0.05) is 60.2 Å². The number of rotatable bonds is 5. The van der Waals surface area contributed by atoms with Crippen LogP contribution in [0.1, 0.15) is 34.8 Å². The summed E-state index contributed by atoms with van der Waals surface area (Å²) in [6, 6.07) is 18.6. The lowest BCUT2D eigenvalue weighted by molar-refractivity contribution is 0.0744. The molecule has 0 spiro atoms. The average Bonchev–Trinajstić information content (AvgIpc) is 3.32. The molecule has 2 heterocycles. The molecule has 2 N–H and O–H groups in total. The topological polar surface area (TPSA) is 64.2 Å². The second kappa shape index (κ2) is 9.45. The van der Waals surface area contributed by atoms with Crippen molar-refractivity contribution in [2.24, 2.45) is 11.7 Å². The van der Waals surface area contributed by atoms with Crippen molar-refractivity contribution in [1.29, 1.82) is 0 Å². The van der Waals surface area contributed by atoms with Gasteiger partial charge in [-0.05, 0) is 38.3 Å². The van der Waals surface area contributed by atoms with Crippen LogP contribution in [0, 0.1) is 12.8 Å². The van der Waals surface area contributed by atoms with Crippen molar-refractivity contribution in [2.45, 2.75) is 32.9 Å². The van der Waals surface area contributed by atoms with Gasteiger partial charge in [-0.2, -0.15) is 5.10 Å². The van der Waals surface area contributed by atoms with Gasteiger partial charge in [-0.25, -0.2) is 0 Å². The molecule has 1 aliphatic rings. The Balaban J connectivity index is 0.00000256. The van der Waals surface area contributed by atoms with Gasteiger partial charge in [0.1, 0.15) is 5.69 Å². The number of benzene rings is 2. The Kier molecular flexibility index (Phi) is 6.95. The summed E-state index contributed by atoms with van der Waals surface area (Å²) < 4.78 is 1.87. The SMILES string of the molecule is Cc1ccc(-c2nn(Cc3ccccc3)cc2C(=O)N2CC(CN)CC2C)cc1.Cl. The summed E-state index contributed by atoms with van der Waals surface area (Å²) in [7, 11) is 0. The highest BCUT2D eigenvalue weighted by atomic mass is 35.5. The van der Waals surface area contributed by atoms with Crippen LogP contribution < -0.4 is 5.73 Å². The minimum atomic E-state index is 0. The number of hydrogen-bond acceptors (Lipinski definition) is 3. The fourth-order valence-corrected chi connectivity index (χ4v) is 4.10. The molecule has 2 unspecified atom stereocenters. The van der Waals surface area contributed by atoms with Gasteiger partial charge in [0.05, 0.1) is 12.1 Å². The van der Waals surface area contributed by atoms with Crippen molar-refractivity contribution in [2.75, 3.05) is 13.1 Å². The van der Waals surface area contributed by atoms with Gasteiger partial charge in [0, 0.05) is 24.3 Å². The molecule has 6 heteroatoms. The summed E-state index contributed by atoms with van der Waals surface area (Å²) in [5, 5.41) is 4.81. The van der Waals surface area contributed by atoms with Crippen molar-refractivity contribution in [3.63, 3.8) is 0 Å². The zero-order chi connectivity index (χ0) is 20.4. The number of hydrogen-bond donors (Lipinski definition) is 1. The zero-order valence-electron chi connectivity index (χ0n) is 17.5. The monoisotopic (exact) mass is 424 g/mol. The van der Waals surface area contributed by atoms with E-state index in [2.05, 4.69) is 38.1 Å². The molecule has 1 saturated heterocycles. The quantitative estimate of drug-likeness (QED) is 0.669. The van der Waals surface area contributed by atoms with Crippen LogP contribution in [0.3, 0.4) is 0 Å². The van der Waals surface area contributed by atoms with E-state index in [0.29, 0.717) is 31.1 Å². The van der Waals surface area contributed by atoms with Gasteiger partial charge < -0.3 is 10.6 Å². The van der Waals surface area contributed by atoms with Gasteiger partial charge in [0.2, 0.25) is 0 Å². The maximum absolute atomic E-state index is 13.5. The summed E-state index contributed by atoms with van der Waals surface area (Å²) in [4.78, 5) is 15.4. The van der Waals surface area contributed by atoms with E-state index in [0.717, 1.165) is 23.2 Å². The highest BCUT2D eigenvalue weighted by Gasteiger charge is 2.34. The fraction of sp³-hybridized carbons (Fsp3) is 0.333. The minimum absolute atomic E-state index is 0. The van der Waals surface area contributed by atoms with E-state index in [9.17, 15) is 4.79 Å². The van der Waals surface area contributed by atoms with E-state index < -0.39 is 0 Å². The molecule has 0 radical (unpaired) electrons. The summed E-state index contributed by atoms with van der Waals surface area (Å²) in [5.74, 6) is 0.416. The van der Waals surface area contributed by atoms with E-state index in [1.807, 2.05) is 46.1 Å². The van der Waals surface area contributed by atoms with Gasteiger partial charge in [0.25, 0.3) is 5.91 Å². The number of likely N-dealkylation sites (tertiary alicyclic amines) is 1. The Morgan fingerprint density at radius 2 is 1.83 bits per heavy atom. The Hall–Kier alpha value is -2.63. The predicted octanol–water partition coefficient (Wildman–Crippen LogP) is 4.14. The van der Waals surface area contributed by atoms with Gasteiger partial charge in [0.15, 0.2) is 0 Å². The van der Waals surface area contributed by atoms with E-state index in [-0.39, 0.29) is 24.4 Å². The normalized spacial score (nSPS) is 18.3. The molecule has 2 atom stereocenters. The standard InChI is InChI=1S/C24H28N4O.ClH/c1-17-8-10-21(11-9-17)23-22(24(29)28-15-20(13-25)12-18(28)2)16-27(26-23)14-19-6-4-3-5-7-19;/h3-11,16,18,20H,12-15,25H2,1-2H3;1H. The third kappa shape index (κ3) is 4.58. The van der Waals surface area contributed by atoms with Crippen LogP contribution in [-0.4, -0.2) is 39.7 Å². The first-order chi connectivity index (χ1) is 14.0. The highest BCUT2D eigenvalue weighted by molar-refractivity contribution is 6.00. The van der Waals surface area contributed by atoms with Gasteiger partial charge >= 0.3 is 0 Å². The molecular formula is C24H29ClN4O. The first kappa shape index (κ1) is 22.1. The highest BCUT2D eigenvalue weighted by Crippen LogP contribution is 2.29. The molecule has 30 heavy (non-hydrogen) atoms. The van der Waals surface area contributed by atoms with Crippen molar-refractivity contribution in [3.8, 4) is 11.3 Å². The molecule has 1 aromatic heterocycles. The minimum Gasteiger partial charge on any atom is -0.335 e. The molecule has 0 aliphatic carbocycles. The molecule has 3 aromatic rings. The number of nitrogens with zero attached hydrogens (tertiary/aromatic N) is 3. The lowest BCUT2D eigenvalue weighted by Gasteiger charge is -2.21. The number of halogens is 1. The molecule has 0 bridgehead atoms. The first-order valence-electron chi connectivity index (χ1n) is 10.2. The predicted molar refractivity (Wildman–Crippen MR) is 123 cm³/mol. The van der Waals surface area contributed by atoms with Crippen LogP contribution in [0.5, 0.6) is 0 Å². The van der Waals surface area contributed by atoms with Crippen LogP contribution in [0.25, 0.3) is 11.3 Å². The molecule has 2 aromatic carbocycles. The van der Waals surface area contributed by atoms with Gasteiger partial charge in [-0.15, -0.1) is 12.4 Å². The molecule has 1 amide bonds. The first-order valence-corrected chi connectivity index (χ1v) is 10.2. The molecule has 1 aliphatic heterocycles. The molecule has 4 rings (SSSR count). The smallest absolute Gasteiger partial charge is 0.257 e. The second-order valence-corrected chi connectivity index (χ2v) is 8.08. The maximum atomic E-state index is 13.5. The third-order valence-electron chi connectivity index (χ3n) is 5.76. The van der Waals surface area contributed by atoms with Crippen LogP contribution in [0.2, 0.25) is 0 Å². The maximum Gasteiger partial charge on any atom is 0.257 e. The second-order valence-electron chi connectivity index (χ2n) is 8.08. The Morgan fingerprint density at radius 3 is 2.47 bits per heavy atom. The average molecular weight is 425 g/mol. The van der Waals surface area contributed by atoms with Crippen LogP contribution >= 0.6 is 12.4 Å². The van der Waals surface area contributed by atoms with Gasteiger partial charge in [-0.3, -0.25) is 9.48 Å². The summed E-state index contributed by atoms with van der Waals surface area (Å²) in [6.45, 7) is 6.13. The number of aromatic nitrogens is 2. The van der Waals surface area contributed by atoms with Crippen LogP contribution in [0.15, 0.2) is 60.8 Å². The lowest BCUT2D eigenvalue weighted by Crippen LogP contribution is -2.34. The molecule has 1 fully saturated rings. The molecule has 158 valence electrons. The molecule has 5 nitrogen and oxygen atoms in total. The number of carbonyl (C=O) groups is 1.